The van der Waals surface area contributed by atoms with E-state index in [9.17, 15) is 14.7 Å². The third kappa shape index (κ3) is 3.62. The van der Waals surface area contributed by atoms with Gasteiger partial charge in [-0.2, -0.15) is 0 Å². The summed E-state index contributed by atoms with van der Waals surface area (Å²) in [6, 6.07) is -1.28. The zero-order valence-electron chi connectivity index (χ0n) is 11.9. The summed E-state index contributed by atoms with van der Waals surface area (Å²) in [5.74, 6) is 0.132. The number of carboxylic acid groups (broad SMARTS) is 1. The first-order valence-corrected chi connectivity index (χ1v) is 7.42. The van der Waals surface area contributed by atoms with Crippen LogP contribution in [0.1, 0.15) is 39.0 Å². The molecule has 3 unspecified atom stereocenters. The molecule has 1 aliphatic heterocycles. The zero-order valence-corrected chi connectivity index (χ0v) is 11.9. The molecule has 2 fully saturated rings. The first-order valence-electron chi connectivity index (χ1n) is 7.42. The highest BCUT2D eigenvalue weighted by Crippen LogP contribution is 2.28. The van der Waals surface area contributed by atoms with Gasteiger partial charge >= 0.3 is 12.0 Å². The molecule has 2 rings (SSSR count). The molecule has 6 nitrogen and oxygen atoms in total. The van der Waals surface area contributed by atoms with Gasteiger partial charge in [-0.25, -0.2) is 9.59 Å². The van der Waals surface area contributed by atoms with Gasteiger partial charge in [-0.15, -0.1) is 0 Å². The van der Waals surface area contributed by atoms with Crippen LogP contribution < -0.4 is 5.32 Å². The van der Waals surface area contributed by atoms with E-state index in [0.29, 0.717) is 18.4 Å². The van der Waals surface area contributed by atoms with Crippen molar-refractivity contribution in [2.24, 2.45) is 11.8 Å². The molecular formula is C14H24N2O4. The van der Waals surface area contributed by atoms with Gasteiger partial charge in [0.25, 0.3) is 0 Å². The average Bonchev–Trinajstić information content (AvgIpc) is 2.78. The molecule has 0 spiro atoms. The Morgan fingerprint density at radius 1 is 1.30 bits per heavy atom. The topological polar surface area (TPSA) is 89.9 Å². The fourth-order valence-electron chi connectivity index (χ4n) is 3.35. The van der Waals surface area contributed by atoms with Crippen molar-refractivity contribution in [3.63, 3.8) is 0 Å². The molecule has 1 saturated heterocycles. The van der Waals surface area contributed by atoms with Crippen LogP contribution in [0.2, 0.25) is 0 Å². The van der Waals surface area contributed by atoms with E-state index in [1.807, 2.05) is 0 Å². The molecule has 2 amide bonds. The van der Waals surface area contributed by atoms with Crippen molar-refractivity contribution >= 4 is 12.0 Å². The predicted octanol–water partition coefficient (Wildman–Crippen LogP) is 1.04. The number of carbonyl (C=O) groups excluding carboxylic acids is 1. The highest BCUT2D eigenvalue weighted by atomic mass is 16.4. The van der Waals surface area contributed by atoms with Gasteiger partial charge in [-0.3, -0.25) is 0 Å². The molecule has 1 heterocycles. The van der Waals surface area contributed by atoms with Gasteiger partial charge < -0.3 is 20.4 Å². The quantitative estimate of drug-likeness (QED) is 0.722. The number of aliphatic hydroxyl groups excluding tert-OH is 1. The van der Waals surface area contributed by atoms with Crippen LogP contribution in [-0.2, 0) is 4.79 Å². The lowest BCUT2D eigenvalue weighted by atomic mass is 9.82. The molecule has 2 aliphatic rings. The van der Waals surface area contributed by atoms with E-state index >= 15 is 0 Å². The minimum absolute atomic E-state index is 0.101. The lowest BCUT2D eigenvalue weighted by Gasteiger charge is -2.28. The van der Waals surface area contributed by atoms with Gasteiger partial charge in [0.05, 0.1) is 6.10 Å². The number of aliphatic carboxylic acids is 1. The van der Waals surface area contributed by atoms with E-state index in [4.69, 9.17) is 5.11 Å². The van der Waals surface area contributed by atoms with Gasteiger partial charge in [0.1, 0.15) is 6.04 Å². The Balaban J connectivity index is 1.83. The van der Waals surface area contributed by atoms with E-state index in [1.54, 1.807) is 0 Å². The van der Waals surface area contributed by atoms with Crippen molar-refractivity contribution in [3.8, 4) is 0 Å². The number of urea groups is 1. The molecular weight excluding hydrogens is 260 g/mol. The van der Waals surface area contributed by atoms with Crippen LogP contribution in [0.3, 0.4) is 0 Å². The second kappa shape index (κ2) is 6.43. The molecule has 3 N–H and O–H groups in total. The molecule has 114 valence electrons. The number of nitrogens with zero attached hydrogens (tertiary/aromatic N) is 1. The van der Waals surface area contributed by atoms with Crippen LogP contribution in [-0.4, -0.2) is 52.3 Å². The van der Waals surface area contributed by atoms with Crippen LogP contribution in [0.5, 0.6) is 0 Å². The van der Waals surface area contributed by atoms with Gasteiger partial charge in [0.2, 0.25) is 0 Å². The molecule has 1 aliphatic carbocycles. The maximum atomic E-state index is 12.1. The van der Waals surface area contributed by atoms with E-state index in [1.165, 1.54) is 17.7 Å². The van der Waals surface area contributed by atoms with Gasteiger partial charge in [0, 0.05) is 19.5 Å². The summed E-state index contributed by atoms with van der Waals surface area (Å²) in [4.78, 5) is 24.4. The molecule has 20 heavy (non-hydrogen) atoms. The minimum atomic E-state index is -1.05. The summed E-state index contributed by atoms with van der Waals surface area (Å²) < 4.78 is 0. The molecule has 0 aromatic rings. The average molecular weight is 284 g/mol. The Hall–Kier alpha value is -1.30. The minimum Gasteiger partial charge on any atom is -0.480 e. The zero-order chi connectivity index (χ0) is 14.7. The van der Waals surface area contributed by atoms with Gasteiger partial charge in [-0.1, -0.05) is 19.8 Å². The molecule has 1 saturated carbocycles. The third-order valence-electron chi connectivity index (χ3n) is 4.41. The Kier molecular flexibility index (Phi) is 4.86. The van der Waals surface area contributed by atoms with Crippen molar-refractivity contribution in [1.82, 2.24) is 10.2 Å². The van der Waals surface area contributed by atoms with Gasteiger partial charge in [0.15, 0.2) is 0 Å². The standard InChI is InChI=1S/C14H24N2O4/c1-9-3-2-4-10(5-9)7-15-14(20)16-8-11(17)6-12(16)13(18)19/h9-12,17H,2-8H2,1H3,(H,15,20)(H,18,19)/t9?,10?,11?,12-/m0/s1. The van der Waals surface area contributed by atoms with Crippen LogP contribution in [0.4, 0.5) is 4.79 Å². The highest BCUT2D eigenvalue weighted by Gasteiger charge is 2.39. The molecule has 0 aromatic heterocycles. The second-order valence-corrected chi connectivity index (χ2v) is 6.22. The van der Waals surface area contributed by atoms with Crippen molar-refractivity contribution in [1.29, 1.82) is 0 Å². The number of carboxylic acids is 1. The molecule has 4 atom stereocenters. The van der Waals surface area contributed by atoms with E-state index in [0.717, 1.165) is 12.8 Å². The number of nitrogens with one attached hydrogen (secondary N) is 1. The normalized spacial score (nSPS) is 34.0. The van der Waals surface area contributed by atoms with Crippen molar-refractivity contribution in [2.45, 2.75) is 51.2 Å². The smallest absolute Gasteiger partial charge is 0.326 e. The van der Waals surface area contributed by atoms with E-state index in [-0.39, 0.29) is 19.0 Å². The monoisotopic (exact) mass is 284 g/mol. The van der Waals surface area contributed by atoms with Crippen molar-refractivity contribution in [3.05, 3.63) is 0 Å². The van der Waals surface area contributed by atoms with Gasteiger partial charge in [-0.05, 0) is 24.7 Å². The lowest BCUT2D eigenvalue weighted by molar-refractivity contribution is -0.141. The van der Waals surface area contributed by atoms with Crippen LogP contribution in [0.15, 0.2) is 0 Å². The number of likely N-dealkylation sites (tertiary alicyclic amines) is 1. The first kappa shape index (κ1) is 15.1. The Labute approximate surface area is 119 Å². The highest BCUT2D eigenvalue weighted by molar-refractivity contribution is 5.83. The molecule has 6 heteroatoms. The molecule has 0 radical (unpaired) electrons. The van der Waals surface area contributed by atoms with Crippen LogP contribution >= 0.6 is 0 Å². The summed E-state index contributed by atoms with van der Waals surface area (Å²) in [6.07, 6.45) is 4.06. The summed E-state index contributed by atoms with van der Waals surface area (Å²) in [7, 11) is 0. The Morgan fingerprint density at radius 2 is 2.05 bits per heavy atom. The number of carbonyl (C=O) groups is 2. The fraction of sp³-hybridized carbons (Fsp3) is 0.857. The number of hydrogen-bond acceptors (Lipinski definition) is 3. The largest absolute Gasteiger partial charge is 0.480 e. The number of amides is 2. The Bertz CT molecular complexity index is 374. The van der Waals surface area contributed by atoms with Crippen molar-refractivity contribution < 1.29 is 19.8 Å². The summed E-state index contributed by atoms with van der Waals surface area (Å²) in [5, 5.41) is 21.4. The Morgan fingerprint density at radius 3 is 2.70 bits per heavy atom. The summed E-state index contributed by atoms with van der Waals surface area (Å²) in [6.45, 7) is 2.93. The SMILES string of the molecule is CC1CCCC(CNC(=O)N2CC(O)C[C@H]2C(=O)O)C1. The lowest BCUT2D eigenvalue weighted by Crippen LogP contribution is -2.47. The summed E-state index contributed by atoms with van der Waals surface area (Å²) >= 11 is 0. The maximum absolute atomic E-state index is 12.1. The number of β-amino-alcohol motifs (C(OH)–C–C–N with tert-alkyl or cyclic N) is 1. The predicted molar refractivity (Wildman–Crippen MR) is 73.3 cm³/mol. The maximum Gasteiger partial charge on any atom is 0.326 e. The number of rotatable bonds is 3. The van der Waals surface area contributed by atoms with Crippen molar-refractivity contribution in [2.75, 3.05) is 13.1 Å². The summed E-state index contributed by atoms with van der Waals surface area (Å²) in [5.41, 5.74) is 0. The molecule has 0 bridgehead atoms. The van der Waals surface area contributed by atoms with E-state index in [2.05, 4.69) is 12.2 Å². The number of hydrogen-bond donors (Lipinski definition) is 3. The van der Waals surface area contributed by atoms with E-state index < -0.39 is 18.1 Å². The fourth-order valence-corrected chi connectivity index (χ4v) is 3.35. The molecule has 0 aromatic carbocycles. The first-order chi connectivity index (χ1) is 9.47. The third-order valence-corrected chi connectivity index (χ3v) is 4.41. The van der Waals surface area contributed by atoms with Crippen LogP contribution in [0.25, 0.3) is 0 Å². The van der Waals surface area contributed by atoms with Crippen LogP contribution in [0, 0.1) is 11.8 Å². The second-order valence-electron chi connectivity index (χ2n) is 6.22. The number of aliphatic hydroxyl groups is 1.